The maximum absolute atomic E-state index is 6.19. The van der Waals surface area contributed by atoms with Gasteiger partial charge >= 0.3 is 0 Å². The third-order valence-corrected chi connectivity index (χ3v) is 4.27. The van der Waals surface area contributed by atoms with Crippen molar-refractivity contribution in [2.24, 2.45) is 5.73 Å². The average molecular weight is 296 g/mol. The van der Waals surface area contributed by atoms with Gasteiger partial charge in [-0.1, -0.05) is 28.1 Å². The maximum atomic E-state index is 6.19. The van der Waals surface area contributed by atoms with E-state index in [0.29, 0.717) is 0 Å². The second-order valence-corrected chi connectivity index (χ2v) is 5.59. The molecule has 0 aliphatic carbocycles. The van der Waals surface area contributed by atoms with Crippen molar-refractivity contribution in [2.45, 2.75) is 19.4 Å². The largest absolute Gasteiger partial charge is 0.324 e. The third kappa shape index (κ3) is 2.73. The monoisotopic (exact) mass is 295 g/mol. The van der Waals surface area contributed by atoms with Crippen molar-refractivity contribution < 1.29 is 0 Å². The van der Waals surface area contributed by atoms with Crippen molar-refractivity contribution in [3.63, 3.8) is 0 Å². The molecule has 0 spiro atoms. The van der Waals surface area contributed by atoms with Crippen LogP contribution in [-0.4, -0.2) is 0 Å². The van der Waals surface area contributed by atoms with Gasteiger partial charge in [-0.15, -0.1) is 0 Å². The minimum atomic E-state index is 0.0846. The summed E-state index contributed by atoms with van der Waals surface area (Å²) in [6, 6.07) is 8.53. The summed E-state index contributed by atoms with van der Waals surface area (Å²) in [5.41, 5.74) is 9.95. The topological polar surface area (TPSA) is 26.0 Å². The summed E-state index contributed by atoms with van der Waals surface area (Å²) in [6.45, 7) is 2.09. The first-order valence-corrected chi connectivity index (χ1v) is 6.93. The van der Waals surface area contributed by atoms with Crippen molar-refractivity contribution >= 4 is 27.3 Å². The van der Waals surface area contributed by atoms with E-state index in [-0.39, 0.29) is 6.04 Å². The second kappa shape index (κ2) is 5.13. The molecule has 0 saturated carbocycles. The molecule has 1 atom stereocenters. The Morgan fingerprint density at radius 3 is 2.81 bits per heavy atom. The fourth-order valence-electron chi connectivity index (χ4n) is 1.68. The minimum Gasteiger partial charge on any atom is -0.324 e. The zero-order valence-electron chi connectivity index (χ0n) is 9.11. The van der Waals surface area contributed by atoms with E-state index in [4.69, 9.17) is 5.73 Å². The number of benzene rings is 1. The fourth-order valence-corrected chi connectivity index (χ4v) is 2.61. The molecular formula is C13H14BrNS. The smallest absolute Gasteiger partial charge is 0.0336 e. The van der Waals surface area contributed by atoms with Crippen molar-refractivity contribution in [2.75, 3.05) is 0 Å². The molecule has 2 aromatic rings. The summed E-state index contributed by atoms with van der Waals surface area (Å²) in [5, 5.41) is 4.25. The summed E-state index contributed by atoms with van der Waals surface area (Å²) in [6.07, 6.45) is 0.907. The van der Waals surface area contributed by atoms with Crippen LogP contribution in [0.5, 0.6) is 0 Å². The zero-order valence-corrected chi connectivity index (χ0v) is 11.5. The number of nitrogens with two attached hydrogens (primary N) is 1. The van der Waals surface area contributed by atoms with E-state index in [2.05, 4.69) is 57.9 Å². The fraction of sp³-hybridized carbons (Fsp3) is 0.231. The van der Waals surface area contributed by atoms with Gasteiger partial charge in [0.1, 0.15) is 0 Å². The van der Waals surface area contributed by atoms with E-state index in [1.807, 2.05) is 0 Å². The quantitative estimate of drug-likeness (QED) is 0.908. The highest BCUT2D eigenvalue weighted by atomic mass is 79.9. The van der Waals surface area contributed by atoms with Crippen molar-refractivity contribution in [1.29, 1.82) is 0 Å². The first kappa shape index (κ1) is 11.8. The number of rotatable bonds is 3. The van der Waals surface area contributed by atoms with Gasteiger partial charge in [0.05, 0.1) is 0 Å². The van der Waals surface area contributed by atoms with Crippen LogP contribution in [0.15, 0.2) is 39.5 Å². The molecule has 0 fully saturated rings. The van der Waals surface area contributed by atoms with E-state index in [0.717, 1.165) is 10.9 Å². The van der Waals surface area contributed by atoms with Crippen LogP contribution in [0.4, 0.5) is 0 Å². The van der Waals surface area contributed by atoms with Crippen LogP contribution in [0.3, 0.4) is 0 Å². The van der Waals surface area contributed by atoms with Gasteiger partial charge in [0.25, 0.3) is 0 Å². The summed E-state index contributed by atoms with van der Waals surface area (Å²) in [7, 11) is 0. The highest BCUT2D eigenvalue weighted by Gasteiger charge is 2.08. The molecule has 0 amide bonds. The predicted molar refractivity (Wildman–Crippen MR) is 73.8 cm³/mol. The van der Waals surface area contributed by atoms with Gasteiger partial charge in [-0.25, -0.2) is 0 Å². The first-order valence-electron chi connectivity index (χ1n) is 5.19. The van der Waals surface area contributed by atoms with Crippen LogP contribution < -0.4 is 5.73 Å². The summed E-state index contributed by atoms with van der Waals surface area (Å²) in [4.78, 5) is 0. The lowest BCUT2D eigenvalue weighted by molar-refractivity contribution is 0.723. The molecule has 1 unspecified atom stereocenters. The number of hydrogen-bond acceptors (Lipinski definition) is 2. The Bertz CT molecular complexity index is 465. The molecule has 0 aliphatic rings. The Kier molecular flexibility index (Phi) is 3.79. The molecule has 2 rings (SSSR count). The van der Waals surface area contributed by atoms with Gasteiger partial charge < -0.3 is 5.73 Å². The van der Waals surface area contributed by atoms with Crippen LogP contribution in [-0.2, 0) is 6.42 Å². The number of hydrogen-bond donors (Lipinski definition) is 1. The van der Waals surface area contributed by atoms with Crippen LogP contribution in [0.2, 0.25) is 0 Å². The lowest BCUT2D eigenvalue weighted by Crippen LogP contribution is -2.13. The van der Waals surface area contributed by atoms with Crippen LogP contribution in [0.25, 0.3) is 0 Å². The van der Waals surface area contributed by atoms with E-state index in [1.54, 1.807) is 11.3 Å². The lowest BCUT2D eigenvalue weighted by Gasteiger charge is -2.12. The van der Waals surface area contributed by atoms with Crippen LogP contribution in [0, 0.1) is 6.92 Å². The molecule has 0 bridgehead atoms. The molecule has 84 valence electrons. The van der Waals surface area contributed by atoms with Crippen LogP contribution >= 0.6 is 27.3 Å². The number of aryl methyl sites for hydroxylation is 1. The molecule has 3 heteroatoms. The zero-order chi connectivity index (χ0) is 11.5. The molecule has 0 aliphatic heterocycles. The van der Waals surface area contributed by atoms with E-state index < -0.39 is 0 Å². The molecule has 2 N–H and O–H groups in total. The highest BCUT2D eigenvalue weighted by molar-refractivity contribution is 9.10. The van der Waals surface area contributed by atoms with Gasteiger partial charge in [0.15, 0.2) is 0 Å². The predicted octanol–water partition coefficient (Wildman–Crippen LogP) is 4.06. The van der Waals surface area contributed by atoms with E-state index >= 15 is 0 Å². The van der Waals surface area contributed by atoms with Gasteiger partial charge in [-0.05, 0) is 52.9 Å². The van der Waals surface area contributed by atoms with Crippen molar-refractivity contribution in [3.05, 3.63) is 56.2 Å². The third-order valence-electron chi connectivity index (χ3n) is 2.65. The van der Waals surface area contributed by atoms with Crippen LogP contribution in [0.1, 0.15) is 22.7 Å². The average Bonchev–Trinajstić information content (AvgIpc) is 2.74. The highest BCUT2D eigenvalue weighted by Crippen LogP contribution is 2.22. The molecule has 1 aromatic carbocycles. The normalized spacial score (nSPS) is 12.7. The number of thiophene rings is 1. The van der Waals surface area contributed by atoms with Gasteiger partial charge in [0, 0.05) is 10.5 Å². The Balaban J connectivity index is 2.14. The van der Waals surface area contributed by atoms with Crippen molar-refractivity contribution in [3.8, 4) is 0 Å². The minimum absolute atomic E-state index is 0.0846. The summed E-state index contributed by atoms with van der Waals surface area (Å²) >= 11 is 5.22. The van der Waals surface area contributed by atoms with E-state index in [1.165, 1.54) is 16.7 Å². The van der Waals surface area contributed by atoms with E-state index in [9.17, 15) is 0 Å². The van der Waals surface area contributed by atoms with Crippen molar-refractivity contribution in [1.82, 2.24) is 0 Å². The van der Waals surface area contributed by atoms with Gasteiger partial charge in [-0.2, -0.15) is 11.3 Å². The first-order chi connectivity index (χ1) is 7.66. The second-order valence-electron chi connectivity index (χ2n) is 3.95. The summed E-state index contributed by atoms with van der Waals surface area (Å²) < 4.78 is 1.14. The van der Waals surface area contributed by atoms with Gasteiger partial charge in [0.2, 0.25) is 0 Å². The number of halogens is 1. The molecule has 1 aromatic heterocycles. The molecule has 0 radical (unpaired) electrons. The standard InChI is InChI=1S/C13H14BrNS/c1-9-6-11(2-3-12(9)14)13(15)7-10-4-5-16-8-10/h2-6,8,13H,7,15H2,1H3. The Morgan fingerprint density at radius 2 is 2.19 bits per heavy atom. The molecule has 1 nitrogen and oxygen atoms in total. The Morgan fingerprint density at radius 1 is 1.38 bits per heavy atom. The van der Waals surface area contributed by atoms with Gasteiger partial charge in [-0.3, -0.25) is 0 Å². The Labute approximate surface area is 108 Å². The molecule has 0 saturated heterocycles. The molecule has 1 heterocycles. The maximum Gasteiger partial charge on any atom is 0.0336 e. The SMILES string of the molecule is Cc1cc(C(N)Cc2ccsc2)ccc1Br. The Hall–Kier alpha value is -0.640. The molecular weight excluding hydrogens is 282 g/mol. The molecule has 16 heavy (non-hydrogen) atoms. The summed E-state index contributed by atoms with van der Waals surface area (Å²) in [5.74, 6) is 0. The lowest BCUT2D eigenvalue weighted by atomic mass is 10.00.